The number of aliphatic imine (C=N–C) groups is 1. The highest BCUT2D eigenvalue weighted by atomic mass is 16.5. The number of para-hydroxylation sites is 1. The summed E-state index contributed by atoms with van der Waals surface area (Å²) in [6, 6.07) is 5.80. The van der Waals surface area contributed by atoms with E-state index in [0.29, 0.717) is 6.61 Å². The Balaban J connectivity index is 3.20. The Morgan fingerprint density at radius 1 is 1.33 bits per heavy atom. The Hall–Kier alpha value is -1.71. The van der Waals surface area contributed by atoms with Crippen LogP contribution in [0.5, 0.6) is 5.75 Å². The Morgan fingerprint density at radius 2 is 2.07 bits per heavy atom. The quantitative estimate of drug-likeness (QED) is 0.581. The minimum Gasteiger partial charge on any atom is -0.492 e. The topological polar surface area (TPSA) is 73.6 Å². The van der Waals surface area contributed by atoms with Crippen molar-refractivity contribution in [1.82, 2.24) is 0 Å². The van der Waals surface area contributed by atoms with Gasteiger partial charge in [-0.25, -0.2) is 4.99 Å². The maximum Gasteiger partial charge on any atom is 0.191 e. The summed E-state index contributed by atoms with van der Waals surface area (Å²) in [4.78, 5) is 4.10. The molecule has 1 aromatic rings. The molecule has 0 bridgehead atoms. The van der Waals surface area contributed by atoms with Gasteiger partial charge in [-0.2, -0.15) is 0 Å². The lowest BCUT2D eigenvalue weighted by atomic mass is 10.1. The zero-order valence-electron chi connectivity index (χ0n) is 9.16. The molecule has 4 heteroatoms. The van der Waals surface area contributed by atoms with E-state index in [-0.39, 0.29) is 5.96 Å². The molecule has 0 radical (unpaired) electrons. The molecule has 0 aromatic heterocycles. The number of ether oxygens (including phenoxy) is 1. The van der Waals surface area contributed by atoms with Crippen LogP contribution in [-0.2, 0) is 6.42 Å². The summed E-state index contributed by atoms with van der Waals surface area (Å²) >= 11 is 0. The van der Waals surface area contributed by atoms with E-state index >= 15 is 0 Å². The molecular weight excluding hydrogens is 190 g/mol. The molecule has 0 aliphatic rings. The zero-order valence-corrected chi connectivity index (χ0v) is 9.16. The monoisotopic (exact) mass is 207 g/mol. The number of aryl methyl sites for hydroxylation is 1. The zero-order chi connectivity index (χ0) is 11.3. The van der Waals surface area contributed by atoms with Gasteiger partial charge in [0.15, 0.2) is 5.96 Å². The number of benzene rings is 1. The molecule has 0 spiro atoms. The van der Waals surface area contributed by atoms with Crippen molar-refractivity contribution in [2.75, 3.05) is 6.61 Å². The highest BCUT2D eigenvalue weighted by Gasteiger charge is 2.07. The molecule has 4 N–H and O–H groups in total. The molecule has 1 rings (SSSR count). The first-order chi connectivity index (χ1) is 7.19. The van der Waals surface area contributed by atoms with E-state index in [1.807, 2.05) is 25.1 Å². The maximum absolute atomic E-state index is 5.46. The predicted octanol–water partition coefficient (Wildman–Crippen LogP) is 1.55. The first kappa shape index (κ1) is 11.4. The third-order valence-corrected chi connectivity index (χ3v) is 2.00. The van der Waals surface area contributed by atoms with Crippen molar-refractivity contribution in [1.29, 1.82) is 0 Å². The Bertz CT molecular complexity index is 357. The van der Waals surface area contributed by atoms with Gasteiger partial charge in [-0.15, -0.1) is 0 Å². The van der Waals surface area contributed by atoms with Gasteiger partial charge in [0.05, 0.1) is 6.61 Å². The van der Waals surface area contributed by atoms with Crippen molar-refractivity contribution >= 4 is 11.6 Å². The Labute approximate surface area is 89.9 Å². The second kappa shape index (κ2) is 5.24. The van der Waals surface area contributed by atoms with E-state index in [1.165, 1.54) is 0 Å². The van der Waals surface area contributed by atoms with E-state index in [2.05, 4.69) is 11.9 Å². The maximum atomic E-state index is 5.46. The molecule has 1 aromatic carbocycles. The van der Waals surface area contributed by atoms with Crippen molar-refractivity contribution in [3.63, 3.8) is 0 Å². The average Bonchev–Trinajstić information content (AvgIpc) is 2.20. The molecule has 82 valence electrons. The summed E-state index contributed by atoms with van der Waals surface area (Å²) in [5, 5.41) is 0. The second-order valence-corrected chi connectivity index (χ2v) is 3.09. The summed E-state index contributed by atoms with van der Waals surface area (Å²) in [5.74, 6) is 0.780. The molecule has 0 aliphatic heterocycles. The smallest absolute Gasteiger partial charge is 0.191 e. The van der Waals surface area contributed by atoms with E-state index in [4.69, 9.17) is 16.2 Å². The number of guanidine groups is 1. The average molecular weight is 207 g/mol. The fourth-order valence-electron chi connectivity index (χ4n) is 1.38. The molecule has 4 nitrogen and oxygen atoms in total. The summed E-state index contributed by atoms with van der Waals surface area (Å²) in [5.41, 5.74) is 12.6. The summed E-state index contributed by atoms with van der Waals surface area (Å²) in [6.45, 7) is 4.58. The van der Waals surface area contributed by atoms with Gasteiger partial charge in [0.2, 0.25) is 0 Å². The molecule has 15 heavy (non-hydrogen) atoms. The van der Waals surface area contributed by atoms with Crippen molar-refractivity contribution in [2.45, 2.75) is 20.3 Å². The van der Waals surface area contributed by atoms with Crippen LogP contribution in [0.15, 0.2) is 23.2 Å². The van der Waals surface area contributed by atoms with E-state index < -0.39 is 0 Å². The third kappa shape index (κ3) is 2.87. The Kier molecular flexibility index (Phi) is 3.97. The molecule has 0 amide bonds. The van der Waals surface area contributed by atoms with Gasteiger partial charge < -0.3 is 16.2 Å². The minimum atomic E-state index is 0.0526. The molecule has 0 saturated heterocycles. The molecule has 0 atom stereocenters. The lowest BCUT2D eigenvalue weighted by molar-refractivity contribution is 0.341. The van der Waals surface area contributed by atoms with Crippen LogP contribution in [0, 0.1) is 0 Å². The van der Waals surface area contributed by atoms with E-state index in [9.17, 15) is 0 Å². The second-order valence-electron chi connectivity index (χ2n) is 3.09. The van der Waals surface area contributed by atoms with Crippen LogP contribution in [0.25, 0.3) is 0 Å². The van der Waals surface area contributed by atoms with E-state index in [1.54, 1.807) is 0 Å². The van der Waals surface area contributed by atoms with Gasteiger partial charge in [-0.1, -0.05) is 19.1 Å². The van der Waals surface area contributed by atoms with Crippen LogP contribution >= 0.6 is 0 Å². The fourth-order valence-corrected chi connectivity index (χ4v) is 1.38. The first-order valence-corrected chi connectivity index (χ1v) is 5.03. The van der Waals surface area contributed by atoms with Gasteiger partial charge >= 0.3 is 0 Å². The summed E-state index contributed by atoms with van der Waals surface area (Å²) in [7, 11) is 0. The standard InChI is InChI=1S/C11H17N3O/c1-3-8-6-5-7-9(15-4-2)10(8)14-11(12)13/h5-7H,3-4H2,1-2H3,(H4,12,13,14). The molecule has 0 fully saturated rings. The van der Waals surface area contributed by atoms with Gasteiger partial charge in [-0.05, 0) is 25.0 Å². The van der Waals surface area contributed by atoms with Gasteiger partial charge in [0.1, 0.15) is 11.4 Å². The molecule has 0 aliphatic carbocycles. The third-order valence-electron chi connectivity index (χ3n) is 2.00. The SMILES string of the molecule is CCOc1cccc(CC)c1N=C(N)N. The van der Waals surface area contributed by atoms with Crippen molar-refractivity contribution in [2.24, 2.45) is 16.5 Å². The molecule has 0 saturated carbocycles. The fraction of sp³-hybridized carbons (Fsp3) is 0.364. The highest BCUT2D eigenvalue weighted by molar-refractivity contribution is 5.81. The van der Waals surface area contributed by atoms with Gasteiger partial charge in [0.25, 0.3) is 0 Å². The minimum absolute atomic E-state index is 0.0526. The van der Waals surface area contributed by atoms with Gasteiger partial charge in [0, 0.05) is 0 Å². The summed E-state index contributed by atoms with van der Waals surface area (Å²) in [6.07, 6.45) is 0.868. The van der Waals surface area contributed by atoms with Gasteiger partial charge in [-0.3, -0.25) is 0 Å². The lowest BCUT2D eigenvalue weighted by Crippen LogP contribution is -2.22. The van der Waals surface area contributed by atoms with Crippen LogP contribution in [-0.4, -0.2) is 12.6 Å². The first-order valence-electron chi connectivity index (χ1n) is 5.03. The van der Waals surface area contributed by atoms with Crippen LogP contribution < -0.4 is 16.2 Å². The Morgan fingerprint density at radius 3 is 2.60 bits per heavy atom. The van der Waals surface area contributed by atoms with Crippen LogP contribution in [0.2, 0.25) is 0 Å². The van der Waals surface area contributed by atoms with Crippen LogP contribution in [0.1, 0.15) is 19.4 Å². The number of hydrogen-bond acceptors (Lipinski definition) is 2. The van der Waals surface area contributed by atoms with E-state index in [0.717, 1.165) is 23.4 Å². The van der Waals surface area contributed by atoms with Crippen LogP contribution in [0.3, 0.4) is 0 Å². The molecular formula is C11H17N3O. The van der Waals surface area contributed by atoms with Crippen molar-refractivity contribution < 1.29 is 4.74 Å². The van der Waals surface area contributed by atoms with Crippen molar-refractivity contribution in [3.8, 4) is 5.75 Å². The lowest BCUT2D eigenvalue weighted by Gasteiger charge is -2.10. The normalized spacial score (nSPS) is 9.73. The highest BCUT2D eigenvalue weighted by Crippen LogP contribution is 2.31. The number of hydrogen-bond donors (Lipinski definition) is 2. The number of nitrogens with two attached hydrogens (primary N) is 2. The molecule has 0 unspecified atom stereocenters. The molecule has 0 heterocycles. The largest absolute Gasteiger partial charge is 0.492 e. The van der Waals surface area contributed by atoms with Crippen LogP contribution in [0.4, 0.5) is 5.69 Å². The van der Waals surface area contributed by atoms with Crippen molar-refractivity contribution in [3.05, 3.63) is 23.8 Å². The summed E-state index contributed by atoms with van der Waals surface area (Å²) < 4.78 is 5.46. The number of nitrogens with zero attached hydrogens (tertiary/aromatic N) is 1. The number of rotatable bonds is 4. The predicted molar refractivity (Wildman–Crippen MR) is 62.5 cm³/mol.